The van der Waals surface area contributed by atoms with Crippen LogP contribution < -0.4 is 0 Å². The standard InChI is InChI=1S/C8H8Cl3F8O4P/c9-8(10,11)5(20)24(21,22-1-6(16,17)3(12)13)23-2-7(18,19)4(14)15/h3-5,20H,1-2H2. The smallest absolute Gasteiger partial charge is 0.363 e. The van der Waals surface area contributed by atoms with Crippen LogP contribution >= 0.6 is 42.4 Å². The van der Waals surface area contributed by atoms with Crippen LogP contribution in [0.15, 0.2) is 0 Å². The van der Waals surface area contributed by atoms with Crippen LogP contribution in [0.1, 0.15) is 0 Å². The number of hydrogen-bond donors (Lipinski definition) is 1. The van der Waals surface area contributed by atoms with E-state index in [0.717, 1.165) is 0 Å². The Morgan fingerprint density at radius 2 is 1.17 bits per heavy atom. The second kappa shape index (κ2) is 8.41. The van der Waals surface area contributed by atoms with E-state index in [2.05, 4.69) is 9.05 Å². The van der Waals surface area contributed by atoms with Crippen LogP contribution in [0.25, 0.3) is 0 Å². The minimum atomic E-state index is -5.67. The lowest BCUT2D eigenvalue weighted by atomic mass is 10.4. The second-order valence-corrected chi connectivity index (χ2v) is 8.58. The zero-order valence-corrected chi connectivity index (χ0v) is 14.1. The van der Waals surface area contributed by atoms with Crippen molar-refractivity contribution in [3.8, 4) is 0 Å². The Morgan fingerprint density at radius 1 is 0.875 bits per heavy atom. The van der Waals surface area contributed by atoms with Gasteiger partial charge >= 0.3 is 32.3 Å². The van der Waals surface area contributed by atoms with E-state index < -0.39 is 55.1 Å². The summed E-state index contributed by atoms with van der Waals surface area (Å²) in [6.07, 6.45) is -8.67. The summed E-state index contributed by atoms with van der Waals surface area (Å²) in [5.74, 6) is -12.9. The first-order valence-electron chi connectivity index (χ1n) is 5.41. The molecule has 0 aliphatic heterocycles. The Bertz CT molecular complexity index is 433. The van der Waals surface area contributed by atoms with E-state index in [1.165, 1.54) is 0 Å². The second-order valence-electron chi connectivity index (χ2n) is 4.13. The van der Waals surface area contributed by atoms with Gasteiger partial charge in [0.1, 0.15) is 13.2 Å². The van der Waals surface area contributed by atoms with Crippen molar-refractivity contribution in [1.82, 2.24) is 0 Å². The zero-order valence-electron chi connectivity index (χ0n) is 10.9. The molecule has 0 aliphatic carbocycles. The molecule has 0 saturated carbocycles. The highest BCUT2D eigenvalue weighted by atomic mass is 35.6. The van der Waals surface area contributed by atoms with Crippen LogP contribution in [-0.2, 0) is 13.6 Å². The van der Waals surface area contributed by atoms with Gasteiger partial charge in [-0.3, -0.25) is 4.57 Å². The summed E-state index contributed by atoms with van der Waals surface area (Å²) >= 11 is 15.2. The van der Waals surface area contributed by atoms with Gasteiger partial charge in [0.15, 0.2) is 0 Å². The molecule has 0 fully saturated rings. The molecule has 16 heteroatoms. The predicted octanol–water partition coefficient (Wildman–Crippen LogP) is 4.70. The molecule has 0 heterocycles. The fourth-order valence-corrected chi connectivity index (χ4v) is 3.33. The van der Waals surface area contributed by atoms with Gasteiger partial charge in [-0.1, -0.05) is 34.8 Å². The van der Waals surface area contributed by atoms with E-state index in [4.69, 9.17) is 34.8 Å². The van der Waals surface area contributed by atoms with E-state index in [9.17, 15) is 44.8 Å². The Labute approximate surface area is 144 Å². The van der Waals surface area contributed by atoms with Crippen molar-refractivity contribution in [1.29, 1.82) is 0 Å². The number of aliphatic hydroxyl groups is 1. The molecule has 24 heavy (non-hydrogen) atoms. The molecule has 0 radical (unpaired) electrons. The highest BCUT2D eigenvalue weighted by Gasteiger charge is 2.53. The van der Waals surface area contributed by atoms with Crippen molar-refractivity contribution in [3.05, 3.63) is 0 Å². The molecule has 0 aromatic rings. The number of aliphatic hydroxyl groups excluding tert-OH is 1. The van der Waals surface area contributed by atoms with E-state index in [-0.39, 0.29) is 0 Å². The first kappa shape index (κ1) is 24.4. The van der Waals surface area contributed by atoms with Gasteiger partial charge < -0.3 is 14.2 Å². The molecule has 0 spiro atoms. The van der Waals surface area contributed by atoms with E-state index in [1.54, 1.807) is 0 Å². The van der Waals surface area contributed by atoms with Gasteiger partial charge in [-0.05, 0) is 0 Å². The highest BCUT2D eigenvalue weighted by Crippen LogP contribution is 2.60. The maximum absolute atomic E-state index is 12.7. The third-order valence-electron chi connectivity index (χ3n) is 2.10. The van der Waals surface area contributed by atoms with Gasteiger partial charge in [-0.2, -0.15) is 17.6 Å². The van der Waals surface area contributed by atoms with Gasteiger partial charge in [-0.25, -0.2) is 17.6 Å². The molecule has 0 aliphatic rings. The van der Waals surface area contributed by atoms with E-state index in [0.29, 0.717) is 0 Å². The molecule has 1 atom stereocenters. The quantitative estimate of drug-likeness (QED) is 0.310. The largest absolute Gasteiger partial charge is 0.377 e. The van der Waals surface area contributed by atoms with Crippen molar-refractivity contribution >= 4 is 42.4 Å². The van der Waals surface area contributed by atoms with Crippen molar-refractivity contribution in [2.45, 2.75) is 34.3 Å². The summed E-state index contributed by atoms with van der Waals surface area (Å²) in [6, 6.07) is 0. The average Bonchev–Trinajstić information content (AvgIpc) is 2.41. The topological polar surface area (TPSA) is 55.8 Å². The molecule has 146 valence electrons. The zero-order chi connectivity index (χ0) is 19.6. The fraction of sp³-hybridized carbons (Fsp3) is 1.00. The molecule has 0 saturated heterocycles. The summed E-state index contributed by atoms with van der Waals surface area (Å²) in [5.41, 5.74) is 0. The predicted molar refractivity (Wildman–Crippen MR) is 67.7 cm³/mol. The SMILES string of the molecule is O=P(OCC(F)(F)C(F)F)(OCC(F)(F)C(F)F)C(O)C(Cl)(Cl)Cl. The monoisotopic (exact) mass is 456 g/mol. The Morgan fingerprint density at radius 3 is 1.38 bits per heavy atom. The van der Waals surface area contributed by atoms with E-state index >= 15 is 0 Å². The summed E-state index contributed by atoms with van der Waals surface area (Å²) in [5, 5.41) is 9.40. The van der Waals surface area contributed by atoms with Crippen molar-refractivity contribution in [2.24, 2.45) is 0 Å². The molecule has 0 amide bonds. The van der Waals surface area contributed by atoms with Crippen LogP contribution in [0.5, 0.6) is 0 Å². The first-order valence-corrected chi connectivity index (χ1v) is 8.16. The third kappa shape index (κ3) is 6.97. The maximum Gasteiger partial charge on any atom is 0.363 e. The summed E-state index contributed by atoms with van der Waals surface area (Å²) in [6.45, 7) is -4.81. The lowest BCUT2D eigenvalue weighted by Crippen LogP contribution is -2.37. The Kier molecular flexibility index (Phi) is 8.55. The number of rotatable bonds is 9. The lowest BCUT2D eigenvalue weighted by Gasteiger charge is -2.29. The van der Waals surface area contributed by atoms with Crippen LogP contribution in [0.3, 0.4) is 0 Å². The minimum Gasteiger partial charge on any atom is -0.377 e. The molecule has 0 aromatic carbocycles. The van der Waals surface area contributed by atoms with Crippen LogP contribution in [0.2, 0.25) is 0 Å². The molecular weight excluding hydrogens is 449 g/mol. The highest BCUT2D eigenvalue weighted by molar-refractivity contribution is 7.55. The van der Waals surface area contributed by atoms with Gasteiger partial charge in [-0.15, -0.1) is 0 Å². The van der Waals surface area contributed by atoms with Gasteiger partial charge in [0.2, 0.25) is 9.64 Å². The Balaban J connectivity index is 5.36. The fourth-order valence-electron chi connectivity index (χ4n) is 0.836. The minimum absolute atomic E-state index is 2.40. The number of hydrogen-bond acceptors (Lipinski definition) is 4. The molecule has 1 unspecified atom stereocenters. The molecule has 0 rings (SSSR count). The molecule has 0 bridgehead atoms. The van der Waals surface area contributed by atoms with Crippen molar-refractivity contribution in [3.63, 3.8) is 0 Å². The van der Waals surface area contributed by atoms with Gasteiger partial charge in [0, 0.05) is 0 Å². The van der Waals surface area contributed by atoms with Crippen LogP contribution in [-0.4, -0.2) is 52.7 Å². The first-order chi connectivity index (χ1) is 10.5. The molecular formula is C8H8Cl3F8O4P. The van der Waals surface area contributed by atoms with Crippen LogP contribution in [0.4, 0.5) is 35.1 Å². The molecule has 1 N–H and O–H groups in total. The van der Waals surface area contributed by atoms with Gasteiger partial charge in [0.25, 0.3) is 0 Å². The summed E-state index contributed by atoms with van der Waals surface area (Å²) in [7, 11) is -5.67. The molecule has 4 nitrogen and oxygen atoms in total. The number of halogens is 11. The normalized spacial score (nSPS) is 16.1. The Hall–Kier alpha value is 0.420. The average molecular weight is 457 g/mol. The third-order valence-corrected chi connectivity index (χ3v) is 5.15. The number of alkyl halides is 11. The van der Waals surface area contributed by atoms with Crippen LogP contribution in [0, 0.1) is 0 Å². The van der Waals surface area contributed by atoms with Crippen molar-refractivity contribution < 1.29 is 53.8 Å². The van der Waals surface area contributed by atoms with E-state index in [1.807, 2.05) is 0 Å². The van der Waals surface area contributed by atoms with Gasteiger partial charge in [0.05, 0.1) is 0 Å². The maximum atomic E-state index is 12.7. The lowest BCUT2D eigenvalue weighted by molar-refractivity contribution is -0.160. The summed E-state index contributed by atoms with van der Waals surface area (Å²) < 4.78 is 115. The summed E-state index contributed by atoms with van der Waals surface area (Å²) in [4.78, 5) is 0. The molecule has 0 aromatic heterocycles. The van der Waals surface area contributed by atoms with Crippen molar-refractivity contribution in [2.75, 3.05) is 13.2 Å².